The van der Waals surface area contributed by atoms with Crippen molar-refractivity contribution in [3.8, 4) is 22.0 Å². The normalized spacial score (nSPS) is 11.2. The molecule has 0 spiro atoms. The smallest absolute Gasteiger partial charge is 0.207 e. The van der Waals surface area contributed by atoms with Gasteiger partial charge in [0, 0.05) is 15.6 Å². The van der Waals surface area contributed by atoms with Gasteiger partial charge in [-0.1, -0.05) is 39.4 Å². The van der Waals surface area contributed by atoms with E-state index >= 15 is 0 Å². The highest BCUT2D eigenvalue weighted by Gasteiger charge is 2.14. The van der Waals surface area contributed by atoms with E-state index in [2.05, 4.69) is 31.2 Å². The third kappa shape index (κ3) is 2.32. The van der Waals surface area contributed by atoms with Crippen LogP contribution in [0.5, 0.6) is 0 Å². The molecule has 4 rings (SSSR count). The topological polar surface area (TPSA) is 43.1 Å². The molecule has 0 aliphatic heterocycles. The zero-order valence-electron chi connectivity index (χ0n) is 11.1. The van der Waals surface area contributed by atoms with Gasteiger partial charge >= 0.3 is 0 Å². The number of hydrogen-bond donors (Lipinski definition) is 0. The Morgan fingerprint density at radius 1 is 1.00 bits per heavy atom. The van der Waals surface area contributed by atoms with Gasteiger partial charge < -0.3 is 0 Å². The van der Waals surface area contributed by atoms with Crippen LogP contribution in [-0.2, 0) is 0 Å². The maximum absolute atomic E-state index is 13.0. The average molecular weight is 375 g/mol. The molecule has 22 heavy (non-hydrogen) atoms. The predicted molar refractivity (Wildman–Crippen MR) is 87.2 cm³/mol. The molecule has 0 unspecified atom stereocenters. The molecular formula is C15H8BrFN4S. The number of benzene rings is 2. The molecule has 0 aliphatic rings. The van der Waals surface area contributed by atoms with Crippen LogP contribution in [-0.4, -0.2) is 19.8 Å². The maximum atomic E-state index is 13.0. The van der Waals surface area contributed by atoms with Gasteiger partial charge in [0.15, 0.2) is 5.82 Å². The molecule has 108 valence electrons. The first-order valence-corrected chi connectivity index (χ1v) is 8.06. The van der Waals surface area contributed by atoms with Crippen molar-refractivity contribution in [1.82, 2.24) is 19.8 Å². The van der Waals surface area contributed by atoms with Crippen LogP contribution < -0.4 is 0 Å². The molecule has 4 aromatic rings. The molecule has 0 amide bonds. The fourth-order valence-electron chi connectivity index (χ4n) is 2.13. The van der Waals surface area contributed by atoms with Gasteiger partial charge in [-0.2, -0.15) is 9.61 Å². The third-order valence-corrected chi connectivity index (χ3v) is 4.61. The van der Waals surface area contributed by atoms with Crippen molar-refractivity contribution in [1.29, 1.82) is 0 Å². The second-order valence-corrected chi connectivity index (χ2v) is 6.51. The Balaban J connectivity index is 1.84. The Bertz CT molecular complexity index is 961. The summed E-state index contributed by atoms with van der Waals surface area (Å²) in [6.07, 6.45) is 0. The molecule has 0 fully saturated rings. The van der Waals surface area contributed by atoms with Crippen LogP contribution in [0, 0.1) is 5.82 Å². The second-order valence-electron chi connectivity index (χ2n) is 4.64. The zero-order chi connectivity index (χ0) is 15.1. The number of halogens is 2. The minimum absolute atomic E-state index is 0.262. The summed E-state index contributed by atoms with van der Waals surface area (Å²) >= 11 is 4.87. The Hall–Kier alpha value is -2.12. The highest BCUT2D eigenvalue weighted by atomic mass is 79.9. The summed E-state index contributed by atoms with van der Waals surface area (Å²) in [5.74, 6) is 0.419. The second kappa shape index (κ2) is 5.26. The van der Waals surface area contributed by atoms with Crippen molar-refractivity contribution < 1.29 is 4.39 Å². The van der Waals surface area contributed by atoms with Gasteiger partial charge in [-0.15, -0.1) is 10.2 Å². The molecule has 2 heterocycles. The van der Waals surface area contributed by atoms with Crippen LogP contribution in [0.3, 0.4) is 0 Å². The van der Waals surface area contributed by atoms with Crippen LogP contribution in [0.1, 0.15) is 0 Å². The Morgan fingerprint density at radius 2 is 1.82 bits per heavy atom. The fraction of sp³-hybridized carbons (Fsp3) is 0. The van der Waals surface area contributed by atoms with Gasteiger partial charge in [-0.05, 0) is 36.4 Å². The molecular weight excluding hydrogens is 367 g/mol. The summed E-state index contributed by atoms with van der Waals surface area (Å²) < 4.78 is 15.7. The molecule has 2 aromatic carbocycles. The lowest BCUT2D eigenvalue weighted by Crippen LogP contribution is -1.91. The molecule has 0 saturated heterocycles. The first-order chi connectivity index (χ1) is 10.7. The Labute approximate surface area is 137 Å². The van der Waals surface area contributed by atoms with Crippen LogP contribution >= 0.6 is 27.3 Å². The van der Waals surface area contributed by atoms with Gasteiger partial charge in [0.25, 0.3) is 0 Å². The van der Waals surface area contributed by atoms with Crippen molar-refractivity contribution in [3.63, 3.8) is 0 Å². The SMILES string of the molecule is Fc1ccc(-c2nn3c(-c4cccc(Br)c4)nnc3s2)cc1. The van der Waals surface area contributed by atoms with Crippen LogP contribution in [0.15, 0.2) is 53.0 Å². The summed E-state index contributed by atoms with van der Waals surface area (Å²) in [6, 6.07) is 14.1. The minimum Gasteiger partial charge on any atom is -0.207 e. The Kier molecular flexibility index (Phi) is 3.24. The maximum Gasteiger partial charge on any atom is 0.235 e. The Morgan fingerprint density at radius 3 is 2.59 bits per heavy atom. The van der Waals surface area contributed by atoms with E-state index in [1.54, 1.807) is 16.6 Å². The van der Waals surface area contributed by atoms with Crippen molar-refractivity contribution in [2.45, 2.75) is 0 Å². The predicted octanol–water partition coefficient (Wildman–Crippen LogP) is 4.42. The number of rotatable bonds is 2. The highest BCUT2D eigenvalue weighted by molar-refractivity contribution is 9.10. The standard InChI is InChI=1S/C15H8BrFN4S/c16-11-3-1-2-10(8-11)13-18-19-15-21(13)20-14(22-15)9-4-6-12(17)7-5-9/h1-8H. The highest BCUT2D eigenvalue weighted by Crippen LogP contribution is 2.28. The van der Waals surface area contributed by atoms with E-state index in [-0.39, 0.29) is 5.82 Å². The number of fused-ring (bicyclic) bond motifs is 1. The van der Waals surface area contributed by atoms with Crippen LogP contribution in [0.4, 0.5) is 4.39 Å². The average Bonchev–Trinajstić information content (AvgIpc) is 3.08. The van der Waals surface area contributed by atoms with Crippen molar-refractivity contribution in [3.05, 3.63) is 58.8 Å². The molecule has 7 heteroatoms. The lowest BCUT2D eigenvalue weighted by Gasteiger charge is -1.98. The quantitative estimate of drug-likeness (QED) is 0.521. The van der Waals surface area contributed by atoms with Gasteiger partial charge in [0.1, 0.15) is 10.8 Å². The molecule has 0 bridgehead atoms. The molecule has 4 nitrogen and oxygen atoms in total. The van der Waals surface area contributed by atoms with E-state index < -0.39 is 0 Å². The lowest BCUT2D eigenvalue weighted by molar-refractivity contribution is 0.628. The molecule has 2 aromatic heterocycles. The largest absolute Gasteiger partial charge is 0.235 e. The summed E-state index contributed by atoms with van der Waals surface area (Å²) in [5, 5.41) is 13.7. The number of nitrogens with zero attached hydrogens (tertiary/aromatic N) is 4. The van der Waals surface area contributed by atoms with Crippen LogP contribution in [0.25, 0.3) is 26.9 Å². The van der Waals surface area contributed by atoms with E-state index in [0.29, 0.717) is 10.8 Å². The summed E-state index contributed by atoms with van der Waals surface area (Å²) in [5.41, 5.74) is 1.79. The van der Waals surface area contributed by atoms with Crippen LogP contribution in [0.2, 0.25) is 0 Å². The lowest BCUT2D eigenvalue weighted by atomic mass is 10.2. The molecule has 0 radical (unpaired) electrons. The first-order valence-electron chi connectivity index (χ1n) is 6.45. The van der Waals surface area contributed by atoms with Crippen molar-refractivity contribution in [2.75, 3.05) is 0 Å². The fourth-order valence-corrected chi connectivity index (χ4v) is 3.38. The molecule has 0 aliphatic carbocycles. The van der Waals surface area contributed by atoms with Crippen molar-refractivity contribution >= 4 is 32.2 Å². The molecule has 0 N–H and O–H groups in total. The first kappa shape index (κ1) is 13.5. The van der Waals surface area contributed by atoms with Gasteiger partial charge in [-0.25, -0.2) is 4.39 Å². The number of aromatic nitrogens is 4. The molecule has 0 atom stereocenters. The third-order valence-electron chi connectivity index (χ3n) is 3.16. The zero-order valence-corrected chi connectivity index (χ0v) is 13.5. The van der Waals surface area contributed by atoms with Gasteiger partial charge in [0.2, 0.25) is 4.96 Å². The minimum atomic E-state index is -0.262. The van der Waals surface area contributed by atoms with E-state index in [1.165, 1.54) is 23.5 Å². The summed E-state index contributed by atoms with van der Waals surface area (Å²) in [4.78, 5) is 0.703. The van der Waals surface area contributed by atoms with E-state index in [4.69, 9.17) is 0 Å². The summed E-state index contributed by atoms with van der Waals surface area (Å²) in [7, 11) is 0. The molecule has 0 saturated carbocycles. The van der Waals surface area contributed by atoms with E-state index in [1.807, 2.05) is 24.3 Å². The van der Waals surface area contributed by atoms with Crippen molar-refractivity contribution in [2.24, 2.45) is 0 Å². The van der Waals surface area contributed by atoms with E-state index in [0.717, 1.165) is 20.6 Å². The van der Waals surface area contributed by atoms with E-state index in [9.17, 15) is 4.39 Å². The van der Waals surface area contributed by atoms with Gasteiger partial charge in [-0.3, -0.25) is 0 Å². The van der Waals surface area contributed by atoms with Gasteiger partial charge in [0.05, 0.1) is 0 Å². The monoisotopic (exact) mass is 374 g/mol. The summed E-state index contributed by atoms with van der Waals surface area (Å²) in [6.45, 7) is 0. The number of hydrogen-bond acceptors (Lipinski definition) is 4.